The Labute approximate surface area is 100 Å². The summed E-state index contributed by atoms with van der Waals surface area (Å²) in [7, 11) is 0. The van der Waals surface area contributed by atoms with Gasteiger partial charge in [-0.25, -0.2) is 0 Å². The van der Waals surface area contributed by atoms with Crippen LogP contribution >= 0.6 is 0 Å². The number of piperazine rings is 1. The lowest BCUT2D eigenvalue weighted by Crippen LogP contribution is -2.58. The summed E-state index contributed by atoms with van der Waals surface area (Å²) in [6.07, 6.45) is -4.52. The predicted molar refractivity (Wildman–Crippen MR) is 59.7 cm³/mol. The summed E-state index contributed by atoms with van der Waals surface area (Å²) in [6.45, 7) is 7.83. The molecule has 6 heteroatoms. The molecule has 0 aromatic rings. The van der Waals surface area contributed by atoms with Crippen LogP contribution in [0.25, 0.3) is 0 Å². The third-order valence-corrected chi connectivity index (χ3v) is 3.07. The van der Waals surface area contributed by atoms with Crippen LogP contribution in [0.15, 0.2) is 0 Å². The van der Waals surface area contributed by atoms with Gasteiger partial charge in [0, 0.05) is 31.7 Å². The van der Waals surface area contributed by atoms with Crippen molar-refractivity contribution in [3.8, 4) is 0 Å². The van der Waals surface area contributed by atoms with Gasteiger partial charge in [-0.2, -0.15) is 0 Å². The topological polar surface area (TPSA) is 24.5 Å². The quantitative estimate of drug-likeness (QED) is 0.828. The SMILES string of the molecule is CC1CN(CCOC(F)(F)F)C(C(C)C)CN1. The fraction of sp³-hybridized carbons (Fsp3) is 1.00. The Morgan fingerprint density at radius 2 is 2.06 bits per heavy atom. The van der Waals surface area contributed by atoms with Gasteiger partial charge in [0.15, 0.2) is 0 Å². The summed E-state index contributed by atoms with van der Waals surface area (Å²) in [5.74, 6) is 0.417. The van der Waals surface area contributed by atoms with E-state index in [1.54, 1.807) is 0 Å². The maximum atomic E-state index is 11.9. The van der Waals surface area contributed by atoms with Gasteiger partial charge in [0.05, 0.1) is 6.61 Å². The van der Waals surface area contributed by atoms with Crippen LogP contribution in [-0.2, 0) is 4.74 Å². The van der Waals surface area contributed by atoms with Gasteiger partial charge in [0.25, 0.3) is 0 Å². The van der Waals surface area contributed by atoms with Crippen molar-refractivity contribution in [1.29, 1.82) is 0 Å². The molecule has 1 rings (SSSR count). The molecule has 1 N–H and O–H groups in total. The van der Waals surface area contributed by atoms with Crippen LogP contribution in [0.5, 0.6) is 0 Å². The fourth-order valence-electron chi connectivity index (χ4n) is 2.20. The maximum Gasteiger partial charge on any atom is 0.522 e. The molecule has 0 bridgehead atoms. The molecular weight excluding hydrogens is 233 g/mol. The standard InChI is InChI=1S/C11H21F3N2O/c1-8(2)10-6-15-9(3)7-16(10)4-5-17-11(12,13)14/h8-10,15H,4-7H2,1-3H3. The van der Waals surface area contributed by atoms with Gasteiger partial charge < -0.3 is 5.32 Å². The lowest BCUT2D eigenvalue weighted by Gasteiger charge is -2.41. The summed E-state index contributed by atoms with van der Waals surface area (Å²) in [5.41, 5.74) is 0. The van der Waals surface area contributed by atoms with Crippen molar-refractivity contribution in [2.24, 2.45) is 5.92 Å². The van der Waals surface area contributed by atoms with Crippen LogP contribution in [-0.4, -0.2) is 49.6 Å². The molecule has 1 aliphatic heterocycles. The second-order valence-electron chi connectivity index (χ2n) is 4.91. The van der Waals surface area contributed by atoms with Gasteiger partial charge in [0.2, 0.25) is 0 Å². The monoisotopic (exact) mass is 254 g/mol. The van der Waals surface area contributed by atoms with Crippen molar-refractivity contribution in [2.45, 2.75) is 39.2 Å². The van der Waals surface area contributed by atoms with E-state index in [0.717, 1.165) is 13.1 Å². The van der Waals surface area contributed by atoms with Crippen LogP contribution in [0.2, 0.25) is 0 Å². The second kappa shape index (κ2) is 6.02. The van der Waals surface area contributed by atoms with Crippen molar-refractivity contribution < 1.29 is 17.9 Å². The van der Waals surface area contributed by atoms with Crippen LogP contribution in [0, 0.1) is 5.92 Å². The molecule has 0 aromatic heterocycles. The van der Waals surface area contributed by atoms with Gasteiger partial charge in [0.1, 0.15) is 0 Å². The lowest BCUT2D eigenvalue weighted by atomic mass is 9.99. The van der Waals surface area contributed by atoms with Gasteiger partial charge in [-0.15, -0.1) is 13.2 Å². The highest BCUT2D eigenvalue weighted by atomic mass is 19.4. The zero-order valence-electron chi connectivity index (χ0n) is 10.5. The molecule has 0 aliphatic carbocycles. The van der Waals surface area contributed by atoms with Crippen molar-refractivity contribution >= 4 is 0 Å². The summed E-state index contributed by atoms with van der Waals surface area (Å²) >= 11 is 0. The zero-order chi connectivity index (χ0) is 13.1. The van der Waals surface area contributed by atoms with Crippen LogP contribution in [0.1, 0.15) is 20.8 Å². The first-order valence-electron chi connectivity index (χ1n) is 5.97. The van der Waals surface area contributed by atoms with Crippen molar-refractivity contribution in [1.82, 2.24) is 10.2 Å². The highest BCUT2D eigenvalue weighted by Crippen LogP contribution is 2.18. The molecule has 0 spiro atoms. The molecule has 17 heavy (non-hydrogen) atoms. The molecule has 0 amide bonds. The molecule has 1 heterocycles. The number of alkyl halides is 3. The van der Waals surface area contributed by atoms with E-state index < -0.39 is 6.36 Å². The molecule has 1 aliphatic rings. The smallest absolute Gasteiger partial charge is 0.311 e. The molecule has 0 radical (unpaired) electrons. The number of nitrogens with one attached hydrogen (secondary N) is 1. The first kappa shape index (κ1) is 14.7. The van der Waals surface area contributed by atoms with Crippen molar-refractivity contribution in [2.75, 3.05) is 26.2 Å². The summed E-state index contributed by atoms with van der Waals surface area (Å²) in [4.78, 5) is 2.08. The maximum absolute atomic E-state index is 11.9. The molecule has 102 valence electrons. The number of hydrogen-bond acceptors (Lipinski definition) is 3. The van der Waals surface area contributed by atoms with E-state index in [1.165, 1.54) is 0 Å². The number of hydrogen-bond donors (Lipinski definition) is 1. The normalized spacial score (nSPS) is 27.7. The largest absolute Gasteiger partial charge is 0.522 e. The first-order chi connectivity index (χ1) is 7.79. The minimum atomic E-state index is -4.52. The Morgan fingerprint density at radius 1 is 1.41 bits per heavy atom. The highest BCUT2D eigenvalue weighted by molar-refractivity contribution is 4.85. The molecule has 0 aromatic carbocycles. The number of ether oxygens (including phenoxy) is 1. The van der Waals surface area contributed by atoms with E-state index in [4.69, 9.17) is 0 Å². The van der Waals surface area contributed by atoms with E-state index in [9.17, 15) is 13.2 Å². The van der Waals surface area contributed by atoms with E-state index in [0.29, 0.717) is 18.5 Å². The Morgan fingerprint density at radius 3 is 2.59 bits per heavy atom. The first-order valence-corrected chi connectivity index (χ1v) is 5.97. The Hall–Kier alpha value is -0.330. The van der Waals surface area contributed by atoms with Gasteiger partial charge in [-0.3, -0.25) is 9.64 Å². The number of nitrogens with zero attached hydrogens (tertiary/aromatic N) is 1. The summed E-state index contributed by atoms with van der Waals surface area (Å²) in [6, 6.07) is 0.596. The average Bonchev–Trinajstić information content (AvgIpc) is 2.15. The van der Waals surface area contributed by atoms with E-state index in [-0.39, 0.29) is 12.6 Å². The molecule has 2 unspecified atom stereocenters. The summed E-state index contributed by atoms with van der Waals surface area (Å²) in [5, 5.41) is 3.35. The number of halogens is 3. The Bertz CT molecular complexity index is 233. The zero-order valence-corrected chi connectivity index (χ0v) is 10.5. The average molecular weight is 254 g/mol. The van der Waals surface area contributed by atoms with Crippen LogP contribution in [0.4, 0.5) is 13.2 Å². The molecular formula is C11H21F3N2O. The Kier molecular flexibility index (Phi) is 5.22. The Balaban J connectivity index is 2.41. The minimum absolute atomic E-state index is 0.281. The molecule has 2 atom stereocenters. The molecule has 1 fully saturated rings. The third kappa shape index (κ3) is 5.23. The van der Waals surface area contributed by atoms with E-state index in [1.807, 2.05) is 6.92 Å². The fourth-order valence-corrected chi connectivity index (χ4v) is 2.20. The lowest BCUT2D eigenvalue weighted by molar-refractivity contribution is -0.325. The predicted octanol–water partition coefficient (Wildman–Crippen LogP) is 1.84. The number of rotatable bonds is 4. The van der Waals surface area contributed by atoms with E-state index in [2.05, 4.69) is 28.8 Å². The summed E-state index contributed by atoms with van der Waals surface area (Å²) < 4.78 is 39.5. The van der Waals surface area contributed by atoms with Gasteiger partial charge >= 0.3 is 6.36 Å². The van der Waals surface area contributed by atoms with Crippen molar-refractivity contribution in [3.05, 3.63) is 0 Å². The highest BCUT2D eigenvalue weighted by Gasteiger charge is 2.31. The van der Waals surface area contributed by atoms with Crippen LogP contribution < -0.4 is 5.32 Å². The third-order valence-electron chi connectivity index (χ3n) is 3.07. The second-order valence-corrected chi connectivity index (χ2v) is 4.91. The molecule has 3 nitrogen and oxygen atoms in total. The minimum Gasteiger partial charge on any atom is -0.311 e. The van der Waals surface area contributed by atoms with Crippen LogP contribution in [0.3, 0.4) is 0 Å². The molecule has 0 saturated carbocycles. The molecule has 1 saturated heterocycles. The van der Waals surface area contributed by atoms with Gasteiger partial charge in [-0.1, -0.05) is 13.8 Å². The van der Waals surface area contributed by atoms with Crippen molar-refractivity contribution in [3.63, 3.8) is 0 Å². The van der Waals surface area contributed by atoms with E-state index >= 15 is 0 Å². The van der Waals surface area contributed by atoms with Gasteiger partial charge in [-0.05, 0) is 12.8 Å².